The molecule has 7 nitrogen and oxygen atoms in total. The summed E-state index contributed by atoms with van der Waals surface area (Å²) in [5, 5.41) is 6.95. The number of aromatic nitrogens is 1. The number of halogens is 2. The third-order valence-electron chi connectivity index (χ3n) is 4.79. The highest BCUT2D eigenvalue weighted by Crippen LogP contribution is 2.30. The van der Waals surface area contributed by atoms with Gasteiger partial charge in [0.15, 0.2) is 10.9 Å². The molecule has 174 valence electrons. The van der Waals surface area contributed by atoms with E-state index < -0.39 is 0 Å². The summed E-state index contributed by atoms with van der Waals surface area (Å²) in [6.45, 7) is 0. The molecular weight excluding hydrogens is 509 g/mol. The van der Waals surface area contributed by atoms with E-state index in [0.717, 1.165) is 10.3 Å². The SMILES string of the molecule is O=C(/C=C/c1ccc(-c2cc(Cl)cc(Cl)c2)o1)Nc1ccc2nc(NC(=O)c3ccco3)sc2c1. The molecule has 5 aromatic rings. The van der Waals surface area contributed by atoms with Crippen LogP contribution >= 0.6 is 34.5 Å². The van der Waals surface area contributed by atoms with Crippen molar-refractivity contribution in [2.75, 3.05) is 10.6 Å². The van der Waals surface area contributed by atoms with Gasteiger partial charge in [-0.25, -0.2) is 4.98 Å². The van der Waals surface area contributed by atoms with E-state index in [-0.39, 0.29) is 17.6 Å². The summed E-state index contributed by atoms with van der Waals surface area (Å²) in [6, 6.07) is 17.2. The molecule has 0 aliphatic rings. The molecule has 0 atom stereocenters. The fourth-order valence-corrected chi connectivity index (χ4v) is 4.68. The van der Waals surface area contributed by atoms with Gasteiger partial charge in [0.25, 0.3) is 5.91 Å². The predicted molar refractivity (Wildman–Crippen MR) is 138 cm³/mol. The summed E-state index contributed by atoms with van der Waals surface area (Å²) < 4.78 is 11.7. The van der Waals surface area contributed by atoms with Crippen molar-refractivity contribution in [3.63, 3.8) is 0 Å². The lowest BCUT2D eigenvalue weighted by Gasteiger charge is -2.01. The van der Waals surface area contributed by atoms with E-state index >= 15 is 0 Å². The second kappa shape index (κ2) is 9.79. The Morgan fingerprint density at radius 1 is 0.971 bits per heavy atom. The van der Waals surface area contributed by atoms with Crippen LogP contribution in [0.15, 0.2) is 81.8 Å². The molecule has 5 rings (SSSR count). The number of anilines is 2. The molecule has 0 bridgehead atoms. The van der Waals surface area contributed by atoms with E-state index in [2.05, 4.69) is 15.6 Å². The molecule has 0 unspecified atom stereocenters. The highest BCUT2D eigenvalue weighted by Gasteiger charge is 2.13. The molecule has 3 heterocycles. The molecule has 0 saturated heterocycles. The van der Waals surface area contributed by atoms with Crippen LogP contribution in [0.25, 0.3) is 27.6 Å². The minimum atomic E-state index is -0.382. The quantitative estimate of drug-likeness (QED) is 0.226. The van der Waals surface area contributed by atoms with Crippen molar-refractivity contribution in [1.82, 2.24) is 4.98 Å². The van der Waals surface area contributed by atoms with Gasteiger partial charge in [0.1, 0.15) is 11.5 Å². The molecule has 35 heavy (non-hydrogen) atoms. The number of nitrogens with zero attached hydrogens (tertiary/aromatic N) is 1. The maximum Gasteiger partial charge on any atom is 0.293 e. The molecule has 0 aliphatic heterocycles. The summed E-state index contributed by atoms with van der Waals surface area (Å²) in [5.74, 6) is 0.571. The van der Waals surface area contributed by atoms with Gasteiger partial charge < -0.3 is 14.2 Å². The van der Waals surface area contributed by atoms with E-state index in [1.807, 2.05) is 0 Å². The van der Waals surface area contributed by atoms with Crippen molar-refractivity contribution in [3.05, 3.63) is 94.6 Å². The van der Waals surface area contributed by atoms with E-state index in [9.17, 15) is 9.59 Å². The first-order chi connectivity index (χ1) is 16.9. The second-order valence-corrected chi connectivity index (χ2v) is 9.22. The van der Waals surface area contributed by atoms with Crippen molar-refractivity contribution in [1.29, 1.82) is 0 Å². The van der Waals surface area contributed by atoms with Crippen LogP contribution in [0.5, 0.6) is 0 Å². The van der Waals surface area contributed by atoms with Gasteiger partial charge in [0, 0.05) is 27.4 Å². The summed E-state index contributed by atoms with van der Waals surface area (Å²) >= 11 is 13.4. The van der Waals surface area contributed by atoms with Gasteiger partial charge in [-0.15, -0.1) is 0 Å². The Kier molecular flexibility index (Phi) is 6.41. The first-order valence-electron chi connectivity index (χ1n) is 10.2. The lowest BCUT2D eigenvalue weighted by molar-refractivity contribution is -0.111. The summed E-state index contributed by atoms with van der Waals surface area (Å²) in [6.07, 6.45) is 4.37. The Morgan fingerprint density at radius 2 is 1.80 bits per heavy atom. The van der Waals surface area contributed by atoms with E-state index in [4.69, 9.17) is 32.0 Å². The molecule has 0 aliphatic carbocycles. The third kappa shape index (κ3) is 5.46. The molecule has 2 N–H and O–H groups in total. The van der Waals surface area contributed by atoms with Crippen LogP contribution in [-0.2, 0) is 4.79 Å². The number of carbonyl (C=O) groups excluding carboxylic acids is 2. The van der Waals surface area contributed by atoms with Crippen LogP contribution < -0.4 is 10.6 Å². The summed E-state index contributed by atoms with van der Waals surface area (Å²) in [7, 11) is 0. The zero-order valence-electron chi connectivity index (χ0n) is 17.7. The molecule has 0 spiro atoms. The maximum absolute atomic E-state index is 12.4. The van der Waals surface area contributed by atoms with Crippen LogP contribution in [0.3, 0.4) is 0 Å². The lowest BCUT2D eigenvalue weighted by Crippen LogP contribution is -2.10. The molecule has 0 radical (unpaired) electrons. The van der Waals surface area contributed by atoms with Gasteiger partial charge in [-0.1, -0.05) is 34.5 Å². The number of rotatable bonds is 6. The topological polar surface area (TPSA) is 97.4 Å². The molecule has 2 amide bonds. The van der Waals surface area contributed by atoms with Crippen LogP contribution in [-0.4, -0.2) is 16.8 Å². The van der Waals surface area contributed by atoms with Gasteiger partial charge in [-0.05, 0) is 66.7 Å². The number of carbonyl (C=O) groups is 2. The number of fused-ring (bicyclic) bond motifs is 1. The Hall–Kier alpha value is -3.85. The minimum Gasteiger partial charge on any atom is -0.459 e. The van der Waals surface area contributed by atoms with Crippen molar-refractivity contribution >= 4 is 73.5 Å². The number of furan rings is 2. The fourth-order valence-electron chi connectivity index (χ4n) is 3.26. The predicted octanol–water partition coefficient (Wildman–Crippen LogP) is 7.36. The summed E-state index contributed by atoms with van der Waals surface area (Å²) in [4.78, 5) is 28.9. The average molecular weight is 524 g/mol. The number of thiazole rings is 1. The Morgan fingerprint density at radius 3 is 2.57 bits per heavy atom. The normalized spacial score (nSPS) is 11.3. The smallest absolute Gasteiger partial charge is 0.293 e. The lowest BCUT2D eigenvalue weighted by atomic mass is 10.2. The fraction of sp³-hybridized carbons (Fsp3) is 0. The van der Waals surface area contributed by atoms with Crippen molar-refractivity contribution in [2.24, 2.45) is 0 Å². The average Bonchev–Trinajstić information content (AvgIpc) is 3.57. The summed E-state index contributed by atoms with van der Waals surface area (Å²) in [5.41, 5.74) is 2.03. The molecule has 10 heteroatoms. The van der Waals surface area contributed by atoms with Crippen molar-refractivity contribution in [2.45, 2.75) is 0 Å². The number of nitrogens with one attached hydrogen (secondary N) is 2. The van der Waals surface area contributed by atoms with Crippen molar-refractivity contribution < 1.29 is 18.4 Å². The number of hydrogen-bond acceptors (Lipinski definition) is 6. The van der Waals surface area contributed by atoms with Gasteiger partial charge >= 0.3 is 0 Å². The molecule has 0 saturated carbocycles. The maximum atomic E-state index is 12.4. The van der Waals surface area contributed by atoms with E-state index in [1.165, 1.54) is 23.7 Å². The van der Waals surface area contributed by atoms with E-state index in [0.29, 0.717) is 37.9 Å². The monoisotopic (exact) mass is 523 g/mol. The zero-order valence-corrected chi connectivity index (χ0v) is 20.1. The molecule has 2 aromatic carbocycles. The van der Waals surface area contributed by atoms with Gasteiger partial charge in [0.2, 0.25) is 5.91 Å². The number of amides is 2. The van der Waals surface area contributed by atoms with Crippen LogP contribution in [0.2, 0.25) is 10.0 Å². The van der Waals surface area contributed by atoms with Crippen molar-refractivity contribution in [3.8, 4) is 11.3 Å². The Bertz CT molecular complexity index is 1550. The second-order valence-electron chi connectivity index (χ2n) is 7.32. The first kappa shape index (κ1) is 22.9. The molecular formula is C25H15Cl2N3O4S. The molecule has 3 aromatic heterocycles. The van der Waals surface area contributed by atoms with Gasteiger partial charge in [0.05, 0.1) is 16.5 Å². The number of benzene rings is 2. The first-order valence-corrected chi connectivity index (χ1v) is 11.8. The Labute approximate surface area is 213 Å². The minimum absolute atomic E-state index is 0.198. The zero-order chi connectivity index (χ0) is 24.4. The van der Waals surface area contributed by atoms with Crippen LogP contribution in [0.1, 0.15) is 16.3 Å². The number of hydrogen-bond donors (Lipinski definition) is 2. The largest absolute Gasteiger partial charge is 0.459 e. The van der Waals surface area contributed by atoms with Gasteiger partial charge in [-0.2, -0.15) is 0 Å². The highest BCUT2D eigenvalue weighted by molar-refractivity contribution is 7.22. The van der Waals surface area contributed by atoms with Gasteiger partial charge in [-0.3, -0.25) is 14.9 Å². The third-order valence-corrected chi connectivity index (χ3v) is 6.16. The van der Waals surface area contributed by atoms with Crippen LogP contribution in [0, 0.1) is 0 Å². The Balaban J connectivity index is 1.24. The molecule has 0 fully saturated rings. The van der Waals surface area contributed by atoms with E-state index in [1.54, 1.807) is 66.7 Å². The highest BCUT2D eigenvalue weighted by atomic mass is 35.5. The standard InChI is InChI=1S/C25H15Cl2N3O4S/c26-15-10-14(11-16(27)12-15)20-7-4-18(34-20)5-8-23(31)28-17-3-6-19-22(13-17)35-25(29-19)30-24(32)21-2-1-9-33-21/h1-13H,(H,28,31)(H,29,30,32)/b8-5+. The van der Waals surface area contributed by atoms with Crippen LogP contribution in [0.4, 0.5) is 10.8 Å².